The first kappa shape index (κ1) is 20.9. The molecule has 0 radical (unpaired) electrons. The van der Waals surface area contributed by atoms with Gasteiger partial charge in [-0.3, -0.25) is 4.98 Å². The first-order valence-corrected chi connectivity index (χ1v) is 11.5. The van der Waals surface area contributed by atoms with Crippen LogP contribution in [0.3, 0.4) is 0 Å². The molecule has 0 amide bonds. The minimum absolute atomic E-state index is 0.827. The summed E-state index contributed by atoms with van der Waals surface area (Å²) in [7, 11) is 1.68. The highest BCUT2D eigenvalue weighted by atomic mass is 32.1. The second-order valence-corrected chi connectivity index (χ2v) is 8.62. The summed E-state index contributed by atoms with van der Waals surface area (Å²) in [6.07, 6.45) is 3.61. The molecule has 0 aliphatic carbocycles. The van der Waals surface area contributed by atoms with Gasteiger partial charge in [-0.05, 0) is 55.5 Å². The number of thiazole rings is 1. The molecule has 2 aromatic heterocycles. The van der Waals surface area contributed by atoms with E-state index < -0.39 is 0 Å². The van der Waals surface area contributed by atoms with Crippen molar-refractivity contribution < 1.29 is 4.74 Å². The molecule has 162 valence electrons. The fourth-order valence-electron chi connectivity index (χ4n) is 3.67. The van der Waals surface area contributed by atoms with E-state index in [1.54, 1.807) is 30.8 Å². The zero-order chi connectivity index (χ0) is 22.6. The summed E-state index contributed by atoms with van der Waals surface area (Å²) < 4.78 is 5.40. The van der Waals surface area contributed by atoms with Crippen LogP contribution in [0.2, 0.25) is 0 Å². The zero-order valence-corrected chi connectivity index (χ0v) is 19.3. The Bertz CT molecular complexity index is 1330. The number of nitrogens with zero attached hydrogens (tertiary/aromatic N) is 3. The number of hydrogen-bond donors (Lipinski definition) is 0. The van der Waals surface area contributed by atoms with Gasteiger partial charge in [-0.1, -0.05) is 59.4 Å². The molecule has 0 atom stereocenters. The van der Waals surface area contributed by atoms with Crippen LogP contribution in [-0.2, 0) is 0 Å². The molecule has 3 aromatic carbocycles. The van der Waals surface area contributed by atoms with E-state index >= 15 is 0 Å². The number of pyridine rings is 1. The second-order valence-electron chi connectivity index (χ2n) is 7.64. The number of aromatic nitrogens is 2. The predicted molar refractivity (Wildman–Crippen MR) is 137 cm³/mol. The monoisotopic (exact) mass is 449 g/mol. The van der Waals surface area contributed by atoms with E-state index in [2.05, 4.69) is 65.3 Å². The molecule has 0 unspecified atom stereocenters. The van der Waals surface area contributed by atoms with E-state index in [0.717, 1.165) is 44.0 Å². The molecule has 0 saturated heterocycles. The number of benzene rings is 3. The highest BCUT2D eigenvalue weighted by Gasteiger charge is 2.22. The lowest BCUT2D eigenvalue weighted by molar-refractivity contribution is 0.415. The largest absolute Gasteiger partial charge is 0.497 e. The molecule has 5 aromatic rings. The van der Waals surface area contributed by atoms with Crippen molar-refractivity contribution in [2.45, 2.75) is 6.92 Å². The Morgan fingerprint density at radius 2 is 1.36 bits per heavy atom. The fraction of sp³-hybridized carbons (Fsp3) is 0.0714. The summed E-state index contributed by atoms with van der Waals surface area (Å²) in [5, 5.41) is 2.01. The molecule has 0 N–H and O–H groups in total. The van der Waals surface area contributed by atoms with Gasteiger partial charge in [0.25, 0.3) is 0 Å². The van der Waals surface area contributed by atoms with E-state index in [0.29, 0.717) is 0 Å². The van der Waals surface area contributed by atoms with Gasteiger partial charge in [0.2, 0.25) is 0 Å². The lowest BCUT2D eigenvalue weighted by Gasteiger charge is -2.25. The minimum atomic E-state index is 0.827. The Morgan fingerprint density at radius 3 is 2.00 bits per heavy atom. The molecule has 33 heavy (non-hydrogen) atoms. The maximum atomic E-state index is 5.40. The van der Waals surface area contributed by atoms with Gasteiger partial charge in [0.15, 0.2) is 0 Å². The molecule has 0 saturated carbocycles. The van der Waals surface area contributed by atoms with Crippen molar-refractivity contribution in [2.75, 3.05) is 12.0 Å². The molecule has 2 heterocycles. The van der Waals surface area contributed by atoms with E-state index in [1.807, 2.05) is 42.5 Å². The Kier molecular flexibility index (Phi) is 5.87. The van der Waals surface area contributed by atoms with Crippen LogP contribution < -0.4 is 9.64 Å². The lowest BCUT2D eigenvalue weighted by atomic mass is 10.1. The van der Waals surface area contributed by atoms with Gasteiger partial charge >= 0.3 is 0 Å². The molecule has 5 heteroatoms. The number of anilines is 3. The van der Waals surface area contributed by atoms with Crippen molar-refractivity contribution in [1.29, 1.82) is 0 Å². The van der Waals surface area contributed by atoms with Crippen LogP contribution in [-0.4, -0.2) is 17.1 Å². The molecule has 0 aliphatic rings. The van der Waals surface area contributed by atoms with Crippen molar-refractivity contribution in [3.63, 3.8) is 0 Å². The SMILES string of the molecule is COc1ccc(N(c2ccc(C)cc2)c2sc(-c3ccncc3)nc2-c2ccccc2)cc1. The summed E-state index contributed by atoms with van der Waals surface area (Å²) in [4.78, 5) is 11.5. The van der Waals surface area contributed by atoms with E-state index in [4.69, 9.17) is 9.72 Å². The van der Waals surface area contributed by atoms with Gasteiger partial charge in [0.05, 0.1) is 7.11 Å². The standard InChI is InChI=1S/C28H23N3OS/c1-20-8-10-23(11-9-20)31(24-12-14-25(32-2)15-13-24)28-26(21-6-4-3-5-7-21)30-27(33-28)22-16-18-29-19-17-22/h3-19H,1-2H3. The van der Waals surface area contributed by atoms with E-state index in [-0.39, 0.29) is 0 Å². The third-order valence-corrected chi connectivity index (χ3v) is 6.50. The van der Waals surface area contributed by atoms with Crippen LogP contribution >= 0.6 is 11.3 Å². The first-order valence-electron chi connectivity index (χ1n) is 10.7. The molecule has 0 aliphatic heterocycles. The van der Waals surface area contributed by atoms with Crippen molar-refractivity contribution in [3.8, 4) is 27.6 Å². The molecular formula is C28H23N3OS. The Labute approximate surface area is 197 Å². The van der Waals surface area contributed by atoms with E-state index in [1.165, 1.54) is 5.56 Å². The third-order valence-electron chi connectivity index (χ3n) is 5.41. The number of aryl methyl sites for hydroxylation is 1. The van der Waals surface area contributed by atoms with Crippen molar-refractivity contribution in [2.24, 2.45) is 0 Å². The third kappa shape index (κ3) is 4.36. The van der Waals surface area contributed by atoms with Gasteiger partial charge in [0.1, 0.15) is 21.5 Å². The van der Waals surface area contributed by atoms with Crippen LogP contribution in [0.25, 0.3) is 21.8 Å². The van der Waals surface area contributed by atoms with Crippen LogP contribution in [0.5, 0.6) is 5.75 Å². The summed E-state index contributed by atoms with van der Waals surface area (Å²) >= 11 is 1.68. The average Bonchev–Trinajstić information content (AvgIpc) is 3.32. The van der Waals surface area contributed by atoms with Gasteiger partial charge in [-0.25, -0.2) is 4.98 Å². The van der Waals surface area contributed by atoms with E-state index in [9.17, 15) is 0 Å². The lowest BCUT2D eigenvalue weighted by Crippen LogP contribution is -2.09. The number of hydrogen-bond acceptors (Lipinski definition) is 5. The molecular weight excluding hydrogens is 426 g/mol. The summed E-state index contributed by atoms with van der Waals surface area (Å²) in [6.45, 7) is 2.10. The zero-order valence-electron chi connectivity index (χ0n) is 18.5. The fourth-order valence-corrected chi connectivity index (χ4v) is 4.81. The quantitative estimate of drug-likeness (QED) is 0.267. The predicted octanol–water partition coefficient (Wildman–Crippen LogP) is 7.66. The first-order chi connectivity index (χ1) is 16.2. The number of ether oxygens (including phenoxy) is 1. The topological polar surface area (TPSA) is 38.2 Å². The minimum Gasteiger partial charge on any atom is -0.497 e. The highest BCUT2D eigenvalue weighted by Crippen LogP contribution is 2.46. The van der Waals surface area contributed by atoms with Gasteiger partial charge < -0.3 is 9.64 Å². The Hall–Kier alpha value is -3.96. The highest BCUT2D eigenvalue weighted by molar-refractivity contribution is 7.19. The van der Waals surface area contributed by atoms with Crippen molar-refractivity contribution >= 4 is 27.7 Å². The normalized spacial score (nSPS) is 10.7. The van der Waals surface area contributed by atoms with Gasteiger partial charge in [-0.2, -0.15) is 0 Å². The van der Waals surface area contributed by atoms with Crippen LogP contribution in [0.1, 0.15) is 5.56 Å². The van der Waals surface area contributed by atoms with Crippen LogP contribution in [0.4, 0.5) is 16.4 Å². The van der Waals surface area contributed by atoms with Crippen LogP contribution in [0.15, 0.2) is 103 Å². The summed E-state index contributed by atoms with van der Waals surface area (Å²) in [5.41, 5.74) is 6.42. The Balaban J connectivity index is 1.73. The summed E-state index contributed by atoms with van der Waals surface area (Å²) in [6, 6.07) is 31.1. The van der Waals surface area contributed by atoms with Crippen molar-refractivity contribution in [3.05, 3.63) is 109 Å². The molecule has 4 nitrogen and oxygen atoms in total. The van der Waals surface area contributed by atoms with Gasteiger partial charge in [0, 0.05) is 34.9 Å². The molecule has 5 rings (SSSR count). The van der Waals surface area contributed by atoms with Gasteiger partial charge in [-0.15, -0.1) is 0 Å². The molecule has 0 spiro atoms. The smallest absolute Gasteiger partial charge is 0.129 e. The maximum absolute atomic E-state index is 5.40. The summed E-state index contributed by atoms with van der Waals surface area (Å²) in [5.74, 6) is 0.827. The van der Waals surface area contributed by atoms with Crippen molar-refractivity contribution in [1.82, 2.24) is 9.97 Å². The van der Waals surface area contributed by atoms with Crippen LogP contribution in [0, 0.1) is 6.92 Å². The number of rotatable bonds is 6. The molecule has 0 bridgehead atoms. The molecule has 0 fully saturated rings. The Morgan fingerprint density at radius 1 is 0.727 bits per heavy atom. The maximum Gasteiger partial charge on any atom is 0.129 e. The average molecular weight is 450 g/mol. The number of methoxy groups -OCH3 is 1. The second kappa shape index (κ2) is 9.27.